The maximum Gasteiger partial charge on any atom is 0.228 e. The molecule has 3 aromatic rings. The number of benzene rings is 1. The van der Waals surface area contributed by atoms with E-state index < -0.39 is 10.0 Å². The minimum Gasteiger partial charge on any atom is -0.493 e. The number of hydrogen-bond acceptors (Lipinski definition) is 9. The molecule has 1 saturated heterocycles. The van der Waals surface area contributed by atoms with Gasteiger partial charge >= 0.3 is 0 Å². The van der Waals surface area contributed by atoms with E-state index in [9.17, 15) is 8.42 Å². The van der Waals surface area contributed by atoms with Gasteiger partial charge in [-0.1, -0.05) is 0 Å². The van der Waals surface area contributed by atoms with E-state index in [1.165, 1.54) is 0 Å². The average molecular weight is 448 g/mol. The summed E-state index contributed by atoms with van der Waals surface area (Å²) in [5.41, 5.74) is 1.57. The zero-order valence-corrected chi connectivity index (χ0v) is 18.6. The van der Waals surface area contributed by atoms with Crippen LogP contribution in [0.15, 0.2) is 18.2 Å². The SMILES string of the molecule is CCS(=O)(=O)NC1CN(c2nc(Nc3cc(C)[nH]n3)c3cc(OC)c(OC)cc3n2)C1. The highest BCUT2D eigenvalue weighted by Gasteiger charge is 2.32. The Morgan fingerprint density at radius 1 is 1.16 bits per heavy atom. The van der Waals surface area contributed by atoms with Crippen molar-refractivity contribution in [1.82, 2.24) is 24.9 Å². The lowest BCUT2D eigenvalue weighted by Gasteiger charge is -2.39. The third-order valence-electron chi connectivity index (χ3n) is 5.03. The van der Waals surface area contributed by atoms with Crippen molar-refractivity contribution in [3.8, 4) is 11.5 Å². The van der Waals surface area contributed by atoms with E-state index in [4.69, 9.17) is 9.47 Å². The van der Waals surface area contributed by atoms with Gasteiger partial charge in [0.15, 0.2) is 17.3 Å². The number of aromatic amines is 1. The molecule has 0 atom stereocenters. The van der Waals surface area contributed by atoms with Crippen molar-refractivity contribution in [3.63, 3.8) is 0 Å². The second kappa shape index (κ2) is 8.19. The molecule has 0 spiro atoms. The number of hydrogen-bond donors (Lipinski definition) is 3. The van der Waals surface area contributed by atoms with Crippen molar-refractivity contribution < 1.29 is 17.9 Å². The van der Waals surface area contributed by atoms with E-state index in [-0.39, 0.29) is 11.8 Å². The summed E-state index contributed by atoms with van der Waals surface area (Å²) in [6.45, 7) is 4.49. The molecule has 166 valence electrons. The Morgan fingerprint density at radius 3 is 2.48 bits per heavy atom. The monoisotopic (exact) mass is 447 g/mol. The van der Waals surface area contributed by atoms with E-state index in [2.05, 4.69) is 30.2 Å². The van der Waals surface area contributed by atoms with Gasteiger partial charge < -0.3 is 19.7 Å². The molecule has 1 aliphatic rings. The summed E-state index contributed by atoms with van der Waals surface area (Å²) in [6, 6.07) is 5.30. The Balaban J connectivity index is 1.69. The van der Waals surface area contributed by atoms with Crippen molar-refractivity contribution in [2.75, 3.05) is 43.3 Å². The van der Waals surface area contributed by atoms with E-state index in [1.807, 2.05) is 24.0 Å². The quantitative estimate of drug-likeness (QED) is 0.470. The predicted octanol–water partition coefficient (Wildman–Crippen LogP) is 1.55. The fourth-order valence-electron chi connectivity index (χ4n) is 3.34. The van der Waals surface area contributed by atoms with Gasteiger partial charge in [0, 0.05) is 36.3 Å². The van der Waals surface area contributed by atoms with Gasteiger partial charge in [0.25, 0.3) is 0 Å². The second-order valence-electron chi connectivity index (χ2n) is 7.28. The van der Waals surface area contributed by atoms with Gasteiger partial charge in [-0.25, -0.2) is 18.1 Å². The first-order valence-corrected chi connectivity index (χ1v) is 11.4. The number of sulfonamides is 1. The van der Waals surface area contributed by atoms with Crippen molar-refractivity contribution in [3.05, 3.63) is 23.9 Å². The average Bonchev–Trinajstić information content (AvgIpc) is 3.13. The van der Waals surface area contributed by atoms with Gasteiger partial charge in [0.1, 0.15) is 5.82 Å². The number of methoxy groups -OCH3 is 2. The highest BCUT2D eigenvalue weighted by atomic mass is 32.2. The number of nitrogens with one attached hydrogen (secondary N) is 3. The summed E-state index contributed by atoms with van der Waals surface area (Å²) in [5.74, 6) is 2.83. The van der Waals surface area contributed by atoms with E-state index in [0.29, 0.717) is 47.7 Å². The molecule has 2 aromatic heterocycles. The Bertz CT molecular complexity index is 1210. The third kappa shape index (κ3) is 4.35. The number of fused-ring (bicyclic) bond motifs is 1. The van der Waals surface area contributed by atoms with Crippen LogP contribution in [-0.2, 0) is 10.0 Å². The molecule has 3 heterocycles. The number of rotatable bonds is 8. The maximum atomic E-state index is 11.8. The third-order valence-corrected chi connectivity index (χ3v) is 6.48. The van der Waals surface area contributed by atoms with Crippen molar-refractivity contribution in [2.45, 2.75) is 19.9 Å². The molecular weight excluding hydrogens is 422 g/mol. The first-order valence-electron chi connectivity index (χ1n) is 9.79. The summed E-state index contributed by atoms with van der Waals surface area (Å²) >= 11 is 0. The summed E-state index contributed by atoms with van der Waals surface area (Å²) in [6.07, 6.45) is 0. The molecule has 0 bridgehead atoms. The maximum absolute atomic E-state index is 11.8. The molecule has 0 radical (unpaired) electrons. The standard InChI is InChI=1S/C19H25N7O4S/c1-5-31(27,28)25-12-9-26(10-12)19-20-14-8-16(30-4)15(29-3)7-13(14)18(22-19)21-17-6-11(2)23-24-17/h6-8,12,25H,5,9-10H2,1-4H3,(H2,20,21,22,23,24). The molecule has 0 aliphatic carbocycles. The van der Waals surface area contributed by atoms with Crippen LogP contribution < -0.4 is 24.4 Å². The molecule has 1 aliphatic heterocycles. The highest BCUT2D eigenvalue weighted by molar-refractivity contribution is 7.89. The second-order valence-corrected chi connectivity index (χ2v) is 9.32. The molecule has 31 heavy (non-hydrogen) atoms. The van der Waals surface area contributed by atoms with Gasteiger partial charge in [-0.05, 0) is 19.9 Å². The zero-order valence-electron chi connectivity index (χ0n) is 17.8. The van der Waals surface area contributed by atoms with Gasteiger partial charge in [-0.3, -0.25) is 5.10 Å². The van der Waals surface area contributed by atoms with E-state index in [1.54, 1.807) is 27.2 Å². The molecular formula is C19H25N7O4S. The first kappa shape index (κ1) is 21.1. The minimum atomic E-state index is -3.26. The largest absolute Gasteiger partial charge is 0.493 e. The van der Waals surface area contributed by atoms with Crippen LogP contribution in [0.3, 0.4) is 0 Å². The van der Waals surface area contributed by atoms with Crippen LogP contribution in [0.4, 0.5) is 17.6 Å². The topological polar surface area (TPSA) is 134 Å². The molecule has 4 rings (SSSR count). The lowest BCUT2D eigenvalue weighted by Crippen LogP contribution is -2.60. The Labute approximate surface area is 180 Å². The van der Waals surface area contributed by atoms with Crippen molar-refractivity contribution in [1.29, 1.82) is 0 Å². The first-order chi connectivity index (χ1) is 14.8. The van der Waals surface area contributed by atoms with Crippen LogP contribution in [0, 0.1) is 6.92 Å². The highest BCUT2D eigenvalue weighted by Crippen LogP contribution is 2.36. The molecule has 1 fully saturated rings. The van der Waals surface area contributed by atoms with Gasteiger partial charge in [0.05, 0.1) is 31.5 Å². The number of aromatic nitrogens is 4. The molecule has 0 saturated carbocycles. The van der Waals surface area contributed by atoms with Crippen LogP contribution in [0.25, 0.3) is 10.9 Å². The van der Waals surface area contributed by atoms with Crippen LogP contribution in [-0.4, -0.2) is 67.7 Å². The molecule has 11 nitrogen and oxygen atoms in total. The fourth-order valence-corrected chi connectivity index (χ4v) is 4.16. The molecule has 1 aromatic carbocycles. The smallest absolute Gasteiger partial charge is 0.228 e. The lowest BCUT2D eigenvalue weighted by atomic mass is 10.1. The summed E-state index contributed by atoms with van der Waals surface area (Å²) in [4.78, 5) is 11.3. The molecule has 3 N–H and O–H groups in total. The van der Waals surface area contributed by atoms with Crippen LogP contribution >= 0.6 is 0 Å². The van der Waals surface area contributed by atoms with Gasteiger partial charge in [0.2, 0.25) is 16.0 Å². The molecule has 0 amide bonds. The fraction of sp³-hybridized carbons (Fsp3) is 0.421. The number of ether oxygens (including phenoxy) is 2. The lowest BCUT2D eigenvalue weighted by molar-refractivity contribution is 0.356. The zero-order chi connectivity index (χ0) is 22.2. The molecule has 12 heteroatoms. The van der Waals surface area contributed by atoms with Crippen molar-refractivity contribution >= 4 is 38.5 Å². The normalized spacial score (nSPS) is 14.5. The summed E-state index contributed by atoms with van der Waals surface area (Å²) in [5, 5.41) is 11.1. The van der Waals surface area contributed by atoms with Crippen molar-refractivity contribution in [2.24, 2.45) is 0 Å². The summed E-state index contributed by atoms with van der Waals surface area (Å²) < 4.78 is 37.1. The molecule has 0 unspecified atom stereocenters. The van der Waals surface area contributed by atoms with Crippen LogP contribution in [0.5, 0.6) is 11.5 Å². The number of nitrogens with zero attached hydrogens (tertiary/aromatic N) is 4. The summed E-state index contributed by atoms with van der Waals surface area (Å²) in [7, 11) is -0.118. The van der Waals surface area contributed by atoms with Crippen LogP contribution in [0.2, 0.25) is 0 Å². The minimum absolute atomic E-state index is 0.0503. The van der Waals surface area contributed by atoms with Gasteiger partial charge in [-0.2, -0.15) is 10.1 Å². The van der Waals surface area contributed by atoms with E-state index in [0.717, 1.165) is 11.1 Å². The Kier molecular flexibility index (Phi) is 5.58. The Hall–Kier alpha value is -3.12. The van der Waals surface area contributed by atoms with Gasteiger partial charge in [-0.15, -0.1) is 0 Å². The Morgan fingerprint density at radius 2 is 1.87 bits per heavy atom. The number of H-pyrrole nitrogens is 1. The van der Waals surface area contributed by atoms with Crippen LogP contribution in [0.1, 0.15) is 12.6 Å². The number of aryl methyl sites for hydroxylation is 1. The van der Waals surface area contributed by atoms with E-state index >= 15 is 0 Å². The predicted molar refractivity (Wildman–Crippen MR) is 118 cm³/mol. The number of anilines is 3.